The van der Waals surface area contributed by atoms with Crippen molar-refractivity contribution in [2.24, 2.45) is 0 Å². The second-order valence-corrected chi connectivity index (χ2v) is 2.64. The van der Waals surface area contributed by atoms with Crippen LogP contribution in [0.25, 0.3) is 5.69 Å². The maximum atomic E-state index is 3.68. The molecule has 2 aromatic rings. The van der Waals surface area contributed by atoms with E-state index in [4.69, 9.17) is 0 Å². The Bertz CT molecular complexity index is 349. The summed E-state index contributed by atoms with van der Waals surface area (Å²) >= 11 is 0. The molecule has 1 N–H and O–H groups in total. The molecule has 0 spiro atoms. The summed E-state index contributed by atoms with van der Waals surface area (Å²) in [5.74, 6) is 0. The largest absolute Gasteiger partial charge is 0.293 e. The number of H-pyrrole nitrogens is 1. The van der Waals surface area contributed by atoms with Crippen LogP contribution in [0.1, 0.15) is 5.56 Å². The lowest BCUT2D eigenvalue weighted by Gasteiger charge is -1.94. The summed E-state index contributed by atoms with van der Waals surface area (Å²) in [6.07, 6.45) is 1.63. The Balaban J connectivity index is 2.43. The van der Waals surface area contributed by atoms with Crippen molar-refractivity contribution in [2.45, 2.75) is 6.92 Å². The van der Waals surface area contributed by atoms with Crippen LogP contribution < -0.4 is 4.68 Å². The predicted molar refractivity (Wildman–Crippen MR) is 42.7 cm³/mol. The lowest BCUT2D eigenvalue weighted by Crippen LogP contribution is -2.31. The van der Waals surface area contributed by atoms with E-state index in [-0.39, 0.29) is 0 Å². The first-order chi connectivity index (χ1) is 5.86. The number of nitrogens with zero attached hydrogens (tertiary/aromatic N) is 3. The van der Waals surface area contributed by atoms with Crippen LogP contribution in [0, 0.1) is 6.92 Å². The van der Waals surface area contributed by atoms with E-state index in [1.165, 1.54) is 5.56 Å². The summed E-state index contributed by atoms with van der Waals surface area (Å²) in [4.78, 5) is 0. The fourth-order valence-corrected chi connectivity index (χ4v) is 1.01. The van der Waals surface area contributed by atoms with Gasteiger partial charge >= 0.3 is 0 Å². The second kappa shape index (κ2) is 2.73. The Hall–Kier alpha value is -1.71. The van der Waals surface area contributed by atoms with Gasteiger partial charge in [-0.1, -0.05) is 22.9 Å². The molecule has 12 heavy (non-hydrogen) atoms. The molecule has 4 nitrogen and oxygen atoms in total. The summed E-state index contributed by atoms with van der Waals surface area (Å²) in [6, 6.07) is 8.11. The number of hydrogen-bond donors (Lipinski definition) is 1. The molecule has 60 valence electrons. The van der Waals surface area contributed by atoms with E-state index in [1.54, 1.807) is 11.0 Å². The van der Waals surface area contributed by atoms with Crippen LogP contribution in [-0.4, -0.2) is 15.5 Å². The van der Waals surface area contributed by atoms with Crippen molar-refractivity contribution in [1.29, 1.82) is 0 Å². The van der Waals surface area contributed by atoms with E-state index in [2.05, 4.69) is 22.4 Å². The van der Waals surface area contributed by atoms with Crippen molar-refractivity contribution in [2.75, 3.05) is 0 Å². The number of rotatable bonds is 1. The molecule has 0 atom stereocenters. The molecule has 0 aliphatic carbocycles. The van der Waals surface area contributed by atoms with Gasteiger partial charge in [-0.25, -0.2) is 0 Å². The maximum absolute atomic E-state index is 3.68. The normalized spacial score (nSPS) is 10.1. The maximum Gasteiger partial charge on any atom is 0.293 e. The molecule has 0 amide bonds. The van der Waals surface area contributed by atoms with Gasteiger partial charge in [0.2, 0.25) is 0 Å². The minimum Gasteiger partial charge on any atom is -0.130 e. The van der Waals surface area contributed by atoms with E-state index in [1.807, 2.05) is 24.3 Å². The fraction of sp³-hybridized carbons (Fsp3) is 0.125. The van der Waals surface area contributed by atoms with Gasteiger partial charge in [0.15, 0.2) is 5.21 Å². The molecule has 0 saturated heterocycles. The Morgan fingerprint density at radius 1 is 1.25 bits per heavy atom. The highest BCUT2D eigenvalue weighted by Gasteiger charge is 2.01. The SMILES string of the molecule is Cc1ccc(-[n+]2cnn[nH]2)cc1. The summed E-state index contributed by atoms with van der Waals surface area (Å²) in [6.45, 7) is 2.06. The summed E-state index contributed by atoms with van der Waals surface area (Å²) in [5, 5.41) is 10.0. The van der Waals surface area contributed by atoms with Gasteiger partial charge in [-0.3, -0.25) is 0 Å². The number of benzene rings is 1. The Morgan fingerprint density at radius 3 is 2.58 bits per heavy atom. The van der Waals surface area contributed by atoms with Gasteiger partial charge in [0.25, 0.3) is 6.33 Å². The van der Waals surface area contributed by atoms with Crippen LogP contribution in [0.2, 0.25) is 0 Å². The van der Waals surface area contributed by atoms with Gasteiger partial charge in [-0.2, -0.15) is 0 Å². The fourth-order valence-electron chi connectivity index (χ4n) is 1.01. The summed E-state index contributed by atoms with van der Waals surface area (Å²) < 4.78 is 1.75. The van der Waals surface area contributed by atoms with Gasteiger partial charge in [0.05, 0.1) is 0 Å². The van der Waals surface area contributed by atoms with Crippen LogP contribution in [0.4, 0.5) is 0 Å². The molecule has 0 aliphatic rings. The molecule has 0 aliphatic heterocycles. The van der Waals surface area contributed by atoms with Crippen LogP contribution in [0.15, 0.2) is 30.6 Å². The smallest absolute Gasteiger partial charge is 0.130 e. The molecular formula is C8H9N4+. The Morgan fingerprint density at radius 2 is 2.00 bits per heavy atom. The average molecular weight is 161 g/mol. The second-order valence-electron chi connectivity index (χ2n) is 2.64. The summed E-state index contributed by atoms with van der Waals surface area (Å²) in [5.41, 5.74) is 2.28. The third kappa shape index (κ3) is 1.18. The summed E-state index contributed by atoms with van der Waals surface area (Å²) in [7, 11) is 0. The zero-order valence-electron chi connectivity index (χ0n) is 6.73. The minimum absolute atomic E-state index is 1.03. The van der Waals surface area contributed by atoms with Crippen molar-refractivity contribution >= 4 is 0 Å². The highest BCUT2D eigenvalue weighted by Crippen LogP contribution is 2.00. The zero-order chi connectivity index (χ0) is 8.39. The van der Waals surface area contributed by atoms with Crippen molar-refractivity contribution in [3.05, 3.63) is 36.2 Å². The van der Waals surface area contributed by atoms with Crippen molar-refractivity contribution < 1.29 is 4.68 Å². The third-order valence-electron chi connectivity index (χ3n) is 1.69. The molecule has 4 heteroatoms. The van der Waals surface area contributed by atoms with E-state index in [9.17, 15) is 0 Å². The molecular weight excluding hydrogens is 152 g/mol. The molecule has 1 heterocycles. The predicted octanol–water partition coefficient (Wildman–Crippen LogP) is 0.390. The van der Waals surface area contributed by atoms with Gasteiger partial charge in [0.1, 0.15) is 10.8 Å². The molecule has 0 unspecified atom stereocenters. The van der Waals surface area contributed by atoms with Crippen molar-refractivity contribution in [3.8, 4) is 5.69 Å². The monoisotopic (exact) mass is 161 g/mol. The number of nitrogens with one attached hydrogen (secondary N) is 1. The number of aromatic amines is 1. The topological polar surface area (TPSA) is 45.5 Å². The van der Waals surface area contributed by atoms with Crippen molar-refractivity contribution in [1.82, 2.24) is 15.5 Å². The molecule has 0 saturated carbocycles. The van der Waals surface area contributed by atoms with Gasteiger partial charge in [0, 0.05) is 0 Å². The Kier molecular flexibility index (Phi) is 1.59. The molecule has 2 rings (SSSR count). The molecule has 1 aromatic heterocycles. The highest BCUT2D eigenvalue weighted by molar-refractivity contribution is 5.25. The average Bonchev–Trinajstić information content (AvgIpc) is 2.58. The molecule has 0 fully saturated rings. The number of tetrazole rings is 1. The number of aromatic nitrogens is 4. The van der Waals surface area contributed by atoms with Gasteiger partial charge < -0.3 is 0 Å². The van der Waals surface area contributed by atoms with Crippen LogP contribution in [0.3, 0.4) is 0 Å². The van der Waals surface area contributed by atoms with Crippen LogP contribution in [0.5, 0.6) is 0 Å². The third-order valence-corrected chi connectivity index (χ3v) is 1.69. The first kappa shape index (κ1) is 6.97. The first-order valence-corrected chi connectivity index (χ1v) is 3.71. The van der Waals surface area contributed by atoms with Crippen LogP contribution >= 0.6 is 0 Å². The quantitative estimate of drug-likeness (QED) is 0.615. The molecule has 1 aromatic carbocycles. The molecule has 0 bridgehead atoms. The van der Waals surface area contributed by atoms with E-state index in [0.29, 0.717) is 0 Å². The standard InChI is InChI=1S/C8H8N4/c1-7-2-4-8(5-3-7)12-6-9-10-11-12/h2-6H,1H3/p+1. The number of hydrogen-bond acceptors (Lipinski definition) is 2. The highest BCUT2D eigenvalue weighted by atomic mass is 15.5. The molecule has 0 radical (unpaired) electrons. The van der Waals surface area contributed by atoms with Gasteiger partial charge in [-0.05, 0) is 19.1 Å². The van der Waals surface area contributed by atoms with E-state index < -0.39 is 0 Å². The Labute approximate surface area is 69.8 Å². The van der Waals surface area contributed by atoms with E-state index >= 15 is 0 Å². The number of aryl methyl sites for hydroxylation is 1. The van der Waals surface area contributed by atoms with Gasteiger partial charge in [-0.15, -0.1) is 4.68 Å². The lowest BCUT2D eigenvalue weighted by molar-refractivity contribution is -0.660. The van der Waals surface area contributed by atoms with E-state index in [0.717, 1.165) is 5.69 Å². The van der Waals surface area contributed by atoms with Crippen molar-refractivity contribution in [3.63, 3.8) is 0 Å². The minimum atomic E-state index is 1.03. The zero-order valence-corrected chi connectivity index (χ0v) is 6.73. The first-order valence-electron chi connectivity index (χ1n) is 3.71. The lowest BCUT2D eigenvalue weighted by atomic mass is 10.2. The van der Waals surface area contributed by atoms with Crippen LogP contribution in [-0.2, 0) is 0 Å².